The Hall–Kier alpha value is -4.75. The van der Waals surface area contributed by atoms with Crippen molar-refractivity contribution in [3.63, 3.8) is 0 Å². The van der Waals surface area contributed by atoms with Gasteiger partial charge in [-0.3, -0.25) is 20.3 Å². The summed E-state index contributed by atoms with van der Waals surface area (Å²) >= 11 is 12.1. The largest absolute Gasteiger partial charge is 0.455 e. The lowest BCUT2D eigenvalue weighted by Crippen LogP contribution is -2.45. The number of carbonyl (C=O) groups is 2. The zero-order valence-electron chi connectivity index (χ0n) is 18.6. The van der Waals surface area contributed by atoms with Crippen molar-refractivity contribution in [1.82, 2.24) is 31.1 Å². The molecule has 0 bridgehead atoms. The third kappa shape index (κ3) is 6.68. The Morgan fingerprint density at radius 2 is 1.76 bits per heavy atom. The standard InChI is InChI=1S/C22H16Cl2N8O5/c23-13-5-10-19(17(24)11-13)37-18-4-2-1-3-16(18)21-27-30-31(29-21)12-20(33)26-28-22(34)25-14-6-8-15(9-7-14)32(35)36/h1-11H,12H2,(H,26,33)(H2,25,28,34). The zero-order chi connectivity index (χ0) is 26.4. The molecule has 37 heavy (non-hydrogen) atoms. The highest BCUT2D eigenvalue weighted by Crippen LogP contribution is 2.35. The molecule has 0 saturated carbocycles. The molecule has 13 nitrogen and oxygen atoms in total. The topological polar surface area (TPSA) is 166 Å². The Morgan fingerprint density at radius 1 is 1.00 bits per heavy atom. The summed E-state index contributed by atoms with van der Waals surface area (Å²) in [6, 6.07) is 16.1. The van der Waals surface area contributed by atoms with Gasteiger partial charge in [-0.1, -0.05) is 35.3 Å². The van der Waals surface area contributed by atoms with E-state index < -0.39 is 16.9 Å². The summed E-state index contributed by atoms with van der Waals surface area (Å²) in [5.74, 6) is 0.335. The number of aromatic nitrogens is 4. The SMILES string of the molecule is O=C(Cn1nnc(-c2ccccc2Oc2ccc(Cl)cc2Cl)n1)NNC(=O)Nc1ccc([N+](=O)[O-])cc1. The highest BCUT2D eigenvalue weighted by molar-refractivity contribution is 6.35. The second-order valence-corrected chi connectivity index (χ2v) is 8.09. The van der Waals surface area contributed by atoms with E-state index in [1.165, 1.54) is 24.3 Å². The lowest BCUT2D eigenvalue weighted by atomic mass is 10.2. The number of para-hydroxylation sites is 1. The van der Waals surface area contributed by atoms with Crippen LogP contribution in [0.1, 0.15) is 0 Å². The molecule has 15 heteroatoms. The Labute approximate surface area is 218 Å². The van der Waals surface area contributed by atoms with Gasteiger partial charge >= 0.3 is 6.03 Å². The van der Waals surface area contributed by atoms with Crippen LogP contribution >= 0.6 is 23.2 Å². The summed E-state index contributed by atoms with van der Waals surface area (Å²) in [5, 5.41) is 25.9. The fourth-order valence-electron chi connectivity index (χ4n) is 2.96. The second kappa shape index (κ2) is 11.3. The van der Waals surface area contributed by atoms with Crippen LogP contribution in [-0.2, 0) is 11.3 Å². The number of urea groups is 1. The van der Waals surface area contributed by atoms with Crippen LogP contribution in [-0.4, -0.2) is 37.1 Å². The summed E-state index contributed by atoms with van der Waals surface area (Å²) in [4.78, 5) is 35.3. The Balaban J connectivity index is 1.34. The van der Waals surface area contributed by atoms with Gasteiger partial charge in [-0.25, -0.2) is 10.2 Å². The average molecular weight is 543 g/mol. The highest BCUT2D eigenvalue weighted by Gasteiger charge is 2.15. The molecule has 4 rings (SSSR count). The predicted octanol–water partition coefficient (Wildman–Crippen LogP) is 4.20. The number of non-ortho nitro benzene ring substituents is 1. The van der Waals surface area contributed by atoms with E-state index in [2.05, 4.69) is 31.6 Å². The van der Waals surface area contributed by atoms with Crippen molar-refractivity contribution in [1.29, 1.82) is 0 Å². The number of halogens is 2. The molecule has 0 saturated heterocycles. The molecule has 0 radical (unpaired) electrons. The van der Waals surface area contributed by atoms with Crippen molar-refractivity contribution in [2.24, 2.45) is 0 Å². The summed E-state index contributed by atoms with van der Waals surface area (Å²) in [6.07, 6.45) is 0. The number of carbonyl (C=O) groups excluding carboxylic acids is 2. The van der Waals surface area contributed by atoms with E-state index in [0.29, 0.717) is 32.8 Å². The maximum Gasteiger partial charge on any atom is 0.337 e. The minimum Gasteiger partial charge on any atom is -0.455 e. The van der Waals surface area contributed by atoms with Gasteiger partial charge < -0.3 is 10.1 Å². The van der Waals surface area contributed by atoms with Crippen LogP contribution in [0.4, 0.5) is 16.2 Å². The van der Waals surface area contributed by atoms with Gasteiger partial charge in [-0.15, -0.1) is 10.2 Å². The molecule has 3 N–H and O–H groups in total. The molecule has 0 unspecified atom stereocenters. The van der Waals surface area contributed by atoms with Crippen LogP contribution in [0.5, 0.6) is 11.5 Å². The number of nitrogens with zero attached hydrogens (tertiary/aromatic N) is 5. The molecule has 1 heterocycles. The first kappa shape index (κ1) is 25.3. The van der Waals surface area contributed by atoms with Gasteiger partial charge in [0, 0.05) is 22.8 Å². The van der Waals surface area contributed by atoms with Crippen molar-refractivity contribution < 1.29 is 19.2 Å². The molecule has 4 aromatic rings. The monoisotopic (exact) mass is 542 g/mol. The minimum atomic E-state index is -0.763. The van der Waals surface area contributed by atoms with E-state index in [1.54, 1.807) is 42.5 Å². The summed E-state index contributed by atoms with van der Waals surface area (Å²) in [5.41, 5.74) is 5.02. The Morgan fingerprint density at radius 3 is 2.49 bits per heavy atom. The number of anilines is 1. The predicted molar refractivity (Wildman–Crippen MR) is 133 cm³/mol. The third-order valence-electron chi connectivity index (χ3n) is 4.63. The van der Waals surface area contributed by atoms with Crippen molar-refractivity contribution >= 4 is 46.5 Å². The van der Waals surface area contributed by atoms with E-state index in [9.17, 15) is 19.7 Å². The number of rotatable bonds is 7. The van der Waals surface area contributed by atoms with E-state index in [1.807, 2.05) is 0 Å². The van der Waals surface area contributed by atoms with E-state index >= 15 is 0 Å². The maximum atomic E-state index is 12.2. The summed E-state index contributed by atoms with van der Waals surface area (Å²) in [6.45, 7) is -0.350. The van der Waals surface area contributed by atoms with Crippen LogP contribution in [0.15, 0.2) is 66.7 Å². The molecule has 0 atom stereocenters. The molecule has 3 aromatic carbocycles. The molecular formula is C22H16Cl2N8O5. The molecular weight excluding hydrogens is 527 g/mol. The number of nitro benzene ring substituents is 1. The first-order valence-electron chi connectivity index (χ1n) is 10.4. The van der Waals surface area contributed by atoms with Crippen LogP contribution in [0.3, 0.4) is 0 Å². The number of amides is 3. The smallest absolute Gasteiger partial charge is 0.337 e. The number of nitro groups is 1. The Bertz CT molecular complexity index is 1460. The number of hydrazine groups is 1. The van der Waals surface area contributed by atoms with Crippen LogP contribution in [0.2, 0.25) is 10.0 Å². The Kier molecular flexibility index (Phi) is 7.76. The average Bonchev–Trinajstić information content (AvgIpc) is 3.33. The van der Waals surface area contributed by atoms with Gasteiger partial charge in [0.1, 0.15) is 18.0 Å². The van der Waals surface area contributed by atoms with Crippen LogP contribution in [0.25, 0.3) is 11.4 Å². The van der Waals surface area contributed by atoms with E-state index in [4.69, 9.17) is 27.9 Å². The van der Waals surface area contributed by atoms with Gasteiger partial charge in [-0.2, -0.15) is 4.80 Å². The summed E-state index contributed by atoms with van der Waals surface area (Å²) in [7, 11) is 0. The fourth-order valence-corrected chi connectivity index (χ4v) is 3.41. The molecule has 3 amide bonds. The first-order chi connectivity index (χ1) is 17.8. The van der Waals surface area contributed by atoms with Crippen LogP contribution < -0.4 is 20.9 Å². The minimum absolute atomic E-state index is 0.123. The molecule has 1 aromatic heterocycles. The molecule has 0 aliphatic carbocycles. The fraction of sp³-hybridized carbons (Fsp3) is 0.0455. The van der Waals surface area contributed by atoms with Crippen molar-refractivity contribution in [2.45, 2.75) is 6.54 Å². The van der Waals surface area contributed by atoms with Crippen molar-refractivity contribution in [2.75, 3.05) is 5.32 Å². The molecule has 0 aliphatic heterocycles. The number of nitrogens with one attached hydrogen (secondary N) is 3. The second-order valence-electron chi connectivity index (χ2n) is 7.25. The molecule has 0 fully saturated rings. The van der Waals surface area contributed by atoms with Gasteiger partial charge in [0.15, 0.2) is 0 Å². The lowest BCUT2D eigenvalue weighted by Gasteiger charge is -2.10. The van der Waals surface area contributed by atoms with Crippen molar-refractivity contribution in [3.8, 4) is 22.9 Å². The number of tetrazole rings is 1. The van der Waals surface area contributed by atoms with E-state index in [-0.39, 0.29) is 18.1 Å². The van der Waals surface area contributed by atoms with E-state index in [0.717, 1.165) is 4.80 Å². The molecule has 0 aliphatic rings. The van der Waals surface area contributed by atoms with Gasteiger partial charge in [0.25, 0.3) is 11.6 Å². The third-order valence-corrected chi connectivity index (χ3v) is 5.16. The van der Waals surface area contributed by atoms with Gasteiger partial charge in [0.05, 0.1) is 15.5 Å². The molecule has 188 valence electrons. The first-order valence-corrected chi connectivity index (χ1v) is 11.1. The zero-order valence-corrected chi connectivity index (χ0v) is 20.1. The number of benzene rings is 3. The number of hydrogen-bond acceptors (Lipinski definition) is 8. The lowest BCUT2D eigenvalue weighted by molar-refractivity contribution is -0.384. The van der Waals surface area contributed by atoms with Gasteiger partial charge in [-0.05, 0) is 47.7 Å². The normalized spacial score (nSPS) is 10.4. The quantitative estimate of drug-likeness (QED) is 0.230. The van der Waals surface area contributed by atoms with Gasteiger partial charge in [0.2, 0.25) is 5.82 Å². The molecule has 0 spiro atoms. The maximum absolute atomic E-state index is 12.2. The van der Waals surface area contributed by atoms with Crippen LogP contribution in [0, 0.1) is 10.1 Å². The highest BCUT2D eigenvalue weighted by atomic mass is 35.5. The number of hydrogen-bond donors (Lipinski definition) is 3. The summed E-state index contributed by atoms with van der Waals surface area (Å²) < 4.78 is 5.90. The number of ether oxygens (including phenoxy) is 1. The van der Waals surface area contributed by atoms with Crippen molar-refractivity contribution in [3.05, 3.63) is 86.9 Å².